The van der Waals surface area contributed by atoms with Gasteiger partial charge in [0.15, 0.2) is 11.5 Å². The van der Waals surface area contributed by atoms with Crippen LogP contribution >= 0.6 is 0 Å². The van der Waals surface area contributed by atoms with Gasteiger partial charge in [0.2, 0.25) is 5.75 Å². The first-order valence-corrected chi connectivity index (χ1v) is 8.66. The fourth-order valence-corrected chi connectivity index (χ4v) is 3.86. The Bertz CT molecular complexity index is 728. The molecule has 1 fully saturated rings. The summed E-state index contributed by atoms with van der Waals surface area (Å²) in [6, 6.07) is 2.31. The minimum Gasteiger partial charge on any atom is -0.504 e. The summed E-state index contributed by atoms with van der Waals surface area (Å²) < 4.78 is 0. The van der Waals surface area contributed by atoms with E-state index in [9.17, 15) is 25.1 Å². The lowest BCUT2D eigenvalue weighted by molar-refractivity contribution is -0.386. The molecule has 3 rings (SSSR count). The molecule has 1 aliphatic carbocycles. The van der Waals surface area contributed by atoms with Gasteiger partial charge in [0.25, 0.3) is 0 Å². The Kier molecular flexibility index (Phi) is 4.92. The normalized spacial score (nSPS) is 19.9. The van der Waals surface area contributed by atoms with Crippen LogP contribution in [0, 0.1) is 16.0 Å². The van der Waals surface area contributed by atoms with E-state index < -0.39 is 27.9 Å². The van der Waals surface area contributed by atoms with Gasteiger partial charge in [-0.3, -0.25) is 14.9 Å². The Balaban J connectivity index is 1.74. The quantitative estimate of drug-likeness (QED) is 0.367. The molecule has 1 saturated heterocycles. The number of nitrogens with zero attached hydrogens (tertiary/aromatic N) is 2. The molecule has 0 saturated carbocycles. The minimum absolute atomic E-state index is 0.134. The van der Waals surface area contributed by atoms with Gasteiger partial charge >= 0.3 is 5.69 Å². The molecular weight excluding hydrogens is 324 g/mol. The summed E-state index contributed by atoms with van der Waals surface area (Å²) in [7, 11) is 0. The van der Waals surface area contributed by atoms with Crippen LogP contribution in [-0.4, -0.2) is 38.9 Å². The molecule has 7 nitrogen and oxygen atoms in total. The van der Waals surface area contributed by atoms with E-state index in [1.54, 1.807) is 0 Å². The smallest absolute Gasteiger partial charge is 0.325 e. The van der Waals surface area contributed by atoms with Crippen molar-refractivity contribution in [3.05, 3.63) is 39.6 Å². The number of nitro benzene ring substituents is 1. The van der Waals surface area contributed by atoms with Gasteiger partial charge < -0.3 is 15.1 Å². The molecule has 2 N–H and O–H groups in total. The summed E-state index contributed by atoms with van der Waals surface area (Å²) >= 11 is 0. The molecule has 0 radical (unpaired) electrons. The van der Waals surface area contributed by atoms with Crippen molar-refractivity contribution >= 4 is 11.5 Å². The van der Waals surface area contributed by atoms with E-state index >= 15 is 0 Å². The molecule has 0 spiro atoms. The second-order valence-corrected chi connectivity index (χ2v) is 6.65. The van der Waals surface area contributed by atoms with Crippen molar-refractivity contribution in [3.8, 4) is 11.5 Å². The highest BCUT2D eigenvalue weighted by molar-refractivity contribution is 6.01. The maximum absolute atomic E-state index is 12.5. The first-order valence-electron chi connectivity index (χ1n) is 8.66. The fraction of sp³-hybridized carbons (Fsp3) is 0.500. The van der Waals surface area contributed by atoms with Crippen molar-refractivity contribution in [2.24, 2.45) is 5.92 Å². The van der Waals surface area contributed by atoms with E-state index in [4.69, 9.17) is 0 Å². The average Bonchev–Trinajstić information content (AvgIpc) is 2.61. The molecule has 1 aromatic rings. The Morgan fingerprint density at radius 2 is 2.04 bits per heavy atom. The largest absolute Gasteiger partial charge is 0.504 e. The van der Waals surface area contributed by atoms with Crippen molar-refractivity contribution < 1.29 is 19.9 Å². The molecule has 1 atom stereocenters. The number of carbonyl (C=O) groups is 1. The second-order valence-electron chi connectivity index (χ2n) is 6.65. The highest BCUT2D eigenvalue weighted by Gasteiger charge is 2.29. The Labute approximate surface area is 145 Å². The monoisotopic (exact) mass is 346 g/mol. The third-order valence-electron chi connectivity index (χ3n) is 5.10. The number of likely N-dealkylation sites (tertiary alicyclic amines) is 1. The van der Waals surface area contributed by atoms with E-state index in [0.29, 0.717) is 12.5 Å². The van der Waals surface area contributed by atoms with Gasteiger partial charge in [-0.2, -0.15) is 0 Å². The highest BCUT2D eigenvalue weighted by atomic mass is 16.6. The summed E-state index contributed by atoms with van der Waals surface area (Å²) in [4.78, 5) is 25.0. The van der Waals surface area contributed by atoms with E-state index in [0.717, 1.165) is 25.5 Å². The molecule has 1 unspecified atom stereocenters. The third-order valence-corrected chi connectivity index (χ3v) is 5.10. The molecule has 1 aromatic carbocycles. The standard InChI is InChI=1S/C18H22N2O5/c21-15(13-7-8-16(22)18(23)17(13)20(24)25)9-11-19-10-3-5-12-4-1-2-6-14(12)19/h6-8,12,22-23H,1-5,9-11H2. The molecule has 0 aromatic heterocycles. The maximum Gasteiger partial charge on any atom is 0.325 e. The van der Waals surface area contributed by atoms with Crippen LogP contribution in [0.15, 0.2) is 23.9 Å². The number of nitro groups is 1. The van der Waals surface area contributed by atoms with Crippen molar-refractivity contribution in [3.63, 3.8) is 0 Å². The number of aromatic hydroxyl groups is 2. The van der Waals surface area contributed by atoms with E-state index in [1.165, 1.54) is 31.0 Å². The Morgan fingerprint density at radius 3 is 2.80 bits per heavy atom. The lowest BCUT2D eigenvalue weighted by Gasteiger charge is -2.39. The van der Waals surface area contributed by atoms with Crippen molar-refractivity contribution in [2.75, 3.05) is 13.1 Å². The van der Waals surface area contributed by atoms with Gasteiger partial charge in [-0.05, 0) is 50.2 Å². The van der Waals surface area contributed by atoms with Gasteiger partial charge in [0.05, 0.1) is 10.5 Å². The van der Waals surface area contributed by atoms with Crippen LogP contribution in [0.4, 0.5) is 5.69 Å². The number of rotatable bonds is 5. The molecule has 134 valence electrons. The van der Waals surface area contributed by atoms with Crippen LogP contribution in [0.5, 0.6) is 11.5 Å². The SMILES string of the molecule is O=C(CCN1CCCC2CCCC=C21)c1ccc(O)c(O)c1[N+](=O)[O-]. The van der Waals surface area contributed by atoms with Crippen LogP contribution in [0.2, 0.25) is 0 Å². The number of fused-ring (bicyclic) bond motifs is 1. The van der Waals surface area contributed by atoms with Crippen LogP contribution in [0.3, 0.4) is 0 Å². The number of Topliss-reactive ketones (excluding diaryl/α,β-unsaturated/α-hetero) is 1. The van der Waals surface area contributed by atoms with Gasteiger partial charge in [-0.1, -0.05) is 6.08 Å². The number of carbonyl (C=O) groups excluding carboxylic acids is 1. The Hall–Kier alpha value is -2.57. The molecule has 2 aliphatic rings. The molecule has 0 bridgehead atoms. The van der Waals surface area contributed by atoms with Crippen LogP contribution in [-0.2, 0) is 0 Å². The van der Waals surface area contributed by atoms with Crippen LogP contribution in [0.1, 0.15) is 48.9 Å². The highest BCUT2D eigenvalue weighted by Crippen LogP contribution is 2.39. The molecule has 0 amide bonds. The molecule has 1 aliphatic heterocycles. The number of phenols is 2. The topological polar surface area (TPSA) is 104 Å². The number of hydrogen-bond acceptors (Lipinski definition) is 6. The molecular formula is C18H22N2O5. The lowest BCUT2D eigenvalue weighted by atomic mass is 9.85. The number of benzene rings is 1. The third kappa shape index (κ3) is 3.45. The first-order chi connectivity index (χ1) is 12.0. The van der Waals surface area contributed by atoms with E-state index in [2.05, 4.69) is 11.0 Å². The molecule has 7 heteroatoms. The zero-order chi connectivity index (χ0) is 18.0. The zero-order valence-corrected chi connectivity index (χ0v) is 14.0. The van der Waals surface area contributed by atoms with Gasteiger partial charge in [-0.25, -0.2) is 0 Å². The number of piperidine rings is 1. The molecule has 25 heavy (non-hydrogen) atoms. The average molecular weight is 346 g/mol. The summed E-state index contributed by atoms with van der Waals surface area (Å²) in [5.74, 6) is -1.29. The first kappa shape index (κ1) is 17.3. The van der Waals surface area contributed by atoms with Crippen molar-refractivity contribution in [1.82, 2.24) is 4.90 Å². The minimum atomic E-state index is -0.858. The summed E-state index contributed by atoms with van der Waals surface area (Å²) in [6.07, 6.45) is 8.13. The van der Waals surface area contributed by atoms with E-state index in [1.807, 2.05) is 0 Å². The van der Waals surface area contributed by atoms with Gasteiger partial charge in [0.1, 0.15) is 0 Å². The number of hydrogen-bond donors (Lipinski definition) is 2. The number of ketones is 1. The number of allylic oxidation sites excluding steroid dienone is 2. The maximum atomic E-state index is 12.5. The lowest BCUT2D eigenvalue weighted by Crippen LogP contribution is -2.35. The van der Waals surface area contributed by atoms with E-state index in [-0.39, 0.29) is 12.0 Å². The van der Waals surface area contributed by atoms with Crippen LogP contribution < -0.4 is 0 Å². The van der Waals surface area contributed by atoms with Gasteiger partial charge in [0, 0.05) is 25.2 Å². The summed E-state index contributed by atoms with van der Waals surface area (Å²) in [5.41, 5.74) is 0.429. The Morgan fingerprint density at radius 1 is 1.28 bits per heavy atom. The fourth-order valence-electron chi connectivity index (χ4n) is 3.86. The van der Waals surface area contributed by atoms with Crippen molar-refractivity contribution in [1.29, 1.82) is 0 Å². The second kappa shape index (κ2) is 7.13. The van der Waals surface area contributed by atoms with Crippen molar-refractivity contribution in [2.45, 2.75) is 38.5 Å². The van der Waals surface area contributed by atoms with Crippen LogP contribution in [0.25, 0.3) is 0 Å². The van der Waals surface area contributed by atoms with Gasteiger partial charge in [-0.15, -0.1) is 0 Å². The predicted octanol–water partition coefficient (Wildman–Crippen LogP) is 3.36. The summed E-state index contributed by atoms with van der Waals surface area (Å²) in [6.45, 7) is 1.42. The zero-order valence-electron chi connectivity index (χ0n) is 14.0. The molecule has 1 heterocycles. The summed E-state index contributed by atoms with van der Waals surface area (Å²) in [5, 5.41) is 30.3. The number of phenolic OH excluding ortho intramolecular Hbond substituents is 2. The predicted molar refractivity (Wildman–Crippen MR) is 91.6 cm³/mol.